The van der Waals surface area contributed by atoms with Crippen LogP contribution in [0.4, 0.5) is 11.4 Å². The Morgan fingerprint density at radius 3 is 2.57 bits per heavy atom. The van der Waals surface area contributed by atoms with Crippen LogP contribution in [0.25, 0.3) is 0 Å². The molecule has 0 aliphatic carbocycles. The number of hydrogen-bond donors (Lipinski definition) is 2. The zero-order valence-electron chi connectivity index (χ0n) is 13.1. The molecule has 0 fully saturated rings. The van der Waals surface area contributed by atoms with Crippen molar-refractivity contribution in [3.8, 4) is 0 Å². The first-order valence-corrected chi connectivity index (χ1v) is 7.77. The molecule has 1 aromatic carbocycles. The lowest BCUT2D eigenvalue weighted by Gasteiger charge is -2.16. The second-order valence-corrected chi connectivity index (χ2v) is 6.66. The van der Waals surface area contributed by atoms with E-state index in [9.17, 15) is 4.79 Å². The van der Waals surface area contributed by atoms with Gasteiger partial charge in [0.05, 0.1) is 16.7 Å². The molecule has 0 saturated carbocycles. The Balaban J connectivity index is 2.19. The molecule has 1 heterocycles. The number of aromatic nitrogens is 1. The third-order valence-corrected chi connectivity index (χ3v) is 4.18. The fourth-order valence-electron chi connectivity index (χ4n) is 2.30. The number of anilines is 2. The Morgan fingerprint density at radius 1 is 1.29 bits per heavy atom. The molecule has 0 radical (unpaired) electrons. The van der Waals surface area contributed by atoms with Crippen LogP contribution in [0.2, 0.25) is 0 Å². The predicted octanol–water partition coefficient (Wildman–Crippen LogP) is 4.20. The average Bonchev–Trinajstić information content (AvgIpc) is 2.72. The predicted molar refractivity (Wildman–Crippen MR) is 89.1 cm³/mol. The van der Waals surface area contributed by atoms with Crippen LogP contribution in [-0.2, 0) is 4.79 Å². The molecule has 2 aromatic rings. The SMILES string of the molecule is CC(=O)Nc1cc(NC(C)c2nc(C)sc2C)ccc1C. The Kier molecular flexibility index (Phi) is 4.63. The standard InChI is InChI=1S/C16H21N3OS/c1-9-6-7-14(8-15(9)18-12(4)20)17-10(2)16-11(3)21-13(5)19-16/h6-8,10,17H,1-5H3,(H,18,20). The van der Waals surface area contributed by atoms with E-state index in [0.717, 1.165) is 27.6 Å². The van der Waals surface area contributed by atoms with Gasteiger partial charge in [-0.2, -0.15) is 0 Å². The number of rotatable bonds is 4. The number of benzene rings is 1. The van der Waals surface area contributed by atoms with Crippen LogP contribution in [0, 0.1) is 20.8 Å². The summed E-state index contributed by atoms with van der Waals surface area (Å²) in [5.41, 5.74) is 3.94. The highest BCUT2D eigenvalue weighted by molar-refractivity contribution is 7.11. The molecule has 0 aliphatic rings. The lowest BCUT2D eigenvalue weighted by molar-refractivity contribution is -0.114. The summed E-state index contributed by atoms with van der Waals surface area (Å²) >= 11 is 1.71. The van der Waals surface area contributed by atoms with E-state index in [1.165, 1.54) is 11.8 Å². The van der Waals surface area contributed by atoms with Gasteiger partial charge in [-0.15, -0.1) is 11.3 Å². The number of nitrogens with zero attached hydrogens (tertiary/aromatic N) is 1. The van der Waals surface area contributed by atoms with Gasteiger partial charge in [0, 0.05) is 23.2 Å². The minimum absolute atomic E-state index is 0.0609. The maximum Gasteiger partial charge on any atom is 0.221 e. The molecule has 4 nitrogen and oxygen atoms in total. The highest BCUT2D eigenvalue weighted by Crippen LogP contribution is 2.27. The van der Waals surface area contributed by atoms with Crippen molar-refractivity contribution in [1.82, 2.24) is 4.98 Å². The molecular weight excluding hydrogens is 282 g/mol. The van der Waals surface area contributed by atoms with Gasteiger partial charge in [-0.05, 0) is 45.4 Å². The van der Waals surface area contributed by atoms with Crippen molar-refractivity contribution < 1.29 is 4.79 Å². The Bertz CT molecular complexity index is 664. The van der Waals surface area contributed by atoms with Crippen LogP contribution >= 0.6 is 11.3 Å². The summed E-state index contributed by atoms with van der Waals surface area (Å²) in [4.78, 5) is 17.0. The van der Waals surface area contributed by atoms with Gasteiger partial charge in [-0.1, -0.05) is 6.07 Å². The van der Waals surface area contributed by atoms with Gasteiger partial charge in [0.15, 0.2) is 0 Å². The van der Waals surface area contributed by atoms with Crippen molar-refractivity contribution in [2.75, 3.05) is 10.6 Å². The minimum atomic E-state index is -0.0609. The van der Waals surface area contributed by atoms with E-state index < -0.39 is 0 Å². The zero-order valence-corrected chi connectivity index (χ0v) is 13.9. The molecule has 2 N–H and O–H groups in total. The van der Waals surface area contributed by atoms with E-state index in [4.69, 9.17) is 0 Å². The van der Waals surface area contributed by atoms with E-state index in [-0.39, 0.29) is 11.9 Å². The third-order valence-electron chi connectivity index (χ3n) is 3.28. The van der Waals surface area contributed by atoms with Crippen molar-refractivity contribution in [3.05, 3.63) is 39.3 Å². The average molecular weight is 303 g/mol. The maximum absolute atomic E-state index is 11.2. The molecule has 0 aliphatic heterocycles. The van der Waals surface area contributed by atoms with Crippen molar-refractivity contribution >= 4 is 28.6 Å². The van der Waals surface area contributed by atoms with E-state index in [2.05, 4.69) is 29.5 Å². The molecule has 1 unspecified atom stereocenters. The quantitative estimate of drug-likeness (QED) is 0.890. The van der Waals surface area contributed by atoms with Crippen LogP contribution in [0.3, 0.4) is 0 Å². The molecule has 112 valence electrons. The number of thiazole rings is 1. The van der Waals surface area contributed by atoms with Crippen LogP contribution in [-0.4, -0.2) is 10.9 Å². The van der Waals surface area contributed by atoms with Crippen molar-refractivity contribution in [1.29, 1.82) is 0 Å². The minimum Gasteiger partial charge on any atom is -0.377 e. The summed E-state index contributed by atoms with van der Waals surface area (Å²) < 4.78 is 0. The monoisotopic (exact) mass is 303 g/mol. The molecule has 21 heavy (non-hydrogen) atoms. The number of carbonyl (C=O) groups is 1. The summed E-state index contributed by atoms with van der Waals surface area (Å²) in [5.74, 6) is -0.0609. The highest BCUT2D eigenvalue weighted by atomic mass is 32.1. The van der Waals surface area contributed by atoms with Crippen LogP contribution in [0.5, 0.6) is 0 Å². The molecule has 1 atom stereocenters. The van der Waals surface area contributed by atoms with Gasteiger partial charge in [0.2, 0.25) is 5.91 Å². The number of nitrogens with one attached hydrogen (secondary N) is 2. The number of amides is 1. The molecule has 2 rings (SSSR count). The van der Waals surface area contributed by atoms with Gasteiger partial charge in [-0.3, -0.25) is 4.79 Å². The number of aryl methyl sites for hydroxylation is 3. The van der Waals surface area contributed by atoms with E-state index >= 15 is 0 Å². The lowest BCUT2D eigenvalue weighted by atomic mass is 10.1. The van der Waals surface area contributed by atoms with Crippen LogP contribution < -0.4 is 10.6 Å². The van der Waals surface area contributed by atoms with Crippen molar-refractivity contribution in [3.63, 3.8) is 0 Å². The molecule has 0 bridgehead atoms. The fourth-order valence-corrected chi connectivity index (χ4v) is 3.22. The highest BCUT2D eigenvalue weighted by Gasteiger charge is 2.13. The van der Waals surface area contributed by atoms with Gasteiger partial charge in [-0.25, -0.2) is 4.98 Å². The van der Waals surface area contributed by atoms with Gasteiger partial charge < -0.3 is 10.6 Å². The molecule has 0 saturated heterocycles. The Labute approximate surface area is 129 Å². The smallest absolute Gasteiger partial charge is 0.221 e. The Morgan fingerprint density at radius 2 is 2.00 bits per heavy atom. The zero-order chi connectivity index (χ0) is 15.6. The second-order valence-electron chi connectivity index (χ2n) is 5.25. The summed E-state index contributed by atoms with van der Waals surface area (Å²) in [7, 11) is 0. The maximum atomic E-state index is 11.2. The van der Waals surface area contributed by atoms with E-state index in [1.807, 2.05) is 32.0 Å². The van der Waals surface area contributed by atoms with Gasteiger partial charge in [0.25, 0.3) is 0 Å². The normalized spacial score (nSPS) is 12.0. The second kappa shape index (κ2) is 6.26. The van der Waals surface area contributed by atoms with Gasteiger partial charge >= 0.3 is 0 Å². The number of carbonyl (C=O) groups excluding carboxylic acids is 1. The summed E-state index contributed by atoms with van der Waals surface area (Å²) in [6, 6.07) is 6.11. The van der Waals surface area contributed by atoms with E-state index in [0.29, 0.717) is 0 Å². The molecule has 5 heteroatoms. The molecular formula is C16H21N3OS. The molecule has 1 aromatic heterocycles. The first-order chi connectivity index (χ1) is 9.86. The first kappa shape index (κ1) is 15.5. The van der Waals surface area contributed by atoms with Crippen LogP contribution in [0.1, 0.15) is 41.0 Å². The van der Waals surface area contributed by atoms with E-state index in [1.54, 1.807) is 11.3 Å². The van der Waals surface area contributed by atoms with Crippen molar-refractivity contribution in [2.24, 2.45) is 0 Å². The van der Waals surface area contributed by atoms with Crippen molar-refractivity contribution in [2.45, 2.75) is 40.7 Å². The van der Waals surface area contributed by atoms with Crippen LogP contribution in [0.15, 0.2) is 18.2 Å². The summed E-state index contributed by atoms with van der Waals surface area (Å²) in [6.07, 6.45) is 0. The van der Waals surface area contributed by atoms with Gasteiger partial charge in [0.1, 0.15) is 0 Å². The topological polar surface area (TPSA) is 54.0 Å². The number of hydrogen-bond acceptors (Lipinski definition) is 4. The fraction of sp³-hybridized carbons (Fsp3) is 0.375. The summed E-state index contributed by atoms with van der Waals surface area (Å²) in [5, 5.41) is 7.38. The Hall–Kier alpha value is -1.88. The molecule has 1 amide bonds. The molecule has 0 spiro atoms. The first-order valence-electron chi connectivity index (χ1n) is 6.95. The largest absolute Gasteiger partial charge is 0.377 e. The summed E-state index contributed by atoms with van der Waals surface area (Å²) in [6.45, 7) is 9.71. The lowest BCUT2D eigenvalue weighted by Crippen LogP contribution is -2.10. The third kappa shape index (κ3) is 3.82.